The van der Waals surface area contributed by atoms with E-state index in [0.29, 0.717) is 11.8 Å². The fraction of sp³-hybridized carbons (Fsp3) is 0.923. The van der Waals surface area contributed by atoms with E-state index < -0.39 is 0 Å². The monoisotopic (exact) mass is 258 g/mol. The number of hydrogen-bond donors (Lipinski definition) is 1. The molecule has 1 N–H and O–H groups in total. The average Bonchev–Trinajstić information content (AvgIpc) is 2.89. The lowest BCUT2D eigenvalue weighted by atomic mass is 9.88. The number of halogens is 1. The average molecular weight is 259 g/mol. The van der Waals surface area contributed by atoms with E-state index in [1.807, 2.05) is 0 Å². The van der Waals surface area contributed by atoms with Gasteiger partial charge in [0.15, 0.2) is 0 Å². The Morgan fingerprint density at radius 3 is 2.18 bits per heavy atom. The molecule has 2 saturated heterocycles. The molecule has 1 saturated carbocycles. The van der Waals surface area contributed by atoms with Crippen LogP contribution in [0.2, 0.25) is 0 Å². The summed E-state index contributed by atoms with van der Waals surface area (Å²) in [5, 5.41) is 3.43. The van der Waals surface area contributed by atoms with Crippen molar-refractivity contribution < 1.29 is 4.79 Å². The third-order valence-corrected chi connectivity index (χ3v) is 4.66. The van der Waals surface area contributed by atoms with Gasteiger partial charge in [-0.2, -0.15) is 0 Å². The minimum Gasteiger partial charge on any atom is -0.342 e. The molecule has 17 heavy (non-hydrogen) atoms. The Hall–Kier alpha value is -0.280. The molecule has 3 nitrogen and oxygen atoms in total. The fourth-order valence-corrected chi connectivity index (χ4v) is 3.64. The highest BCUT2D eigenvalue weighted by atomic mass is 35.5. The highest BCUT2D eigenvalue weighted by Gasteiger charge is 2.39. The molecule has 3 rings (SSSR count). The molecule has 0 radical (unpaired) electrons. The van der Waals surface area contributed by atoms with Crippen LogP contribution in [-0.2, 0) is 4.79 Å². The van der Waals surface area contributed by atoms with Crippen molar-refractivity contribution in [1.82, 2.24) is 10.2 Å². The van der Waals surface area contributed by atoms with Gasteiger partial charge in [0.1, 0.15) is 0 Å². The minimum absolute atomic E-state index is 0. The van der Waals surface area contributed by atoms with E-state index >= 15 is 0 Å². The lowest BCUT2D eigenvalue weighted by molar-refractivity contribution is -0.135. The van der Waals surface area contributed by atoms with E-state index in [1.54, 1.807) is 0 Å². The number of carbonyl (C=O) groups excluding carboxylic acids is 1. The standard InChI is InChI=1S/C13H22N2O.ClH/c16-13(10-4-2-1-3-5-10)15-8-11-6-14-7-12(11)9-15;/h10-12,14H,1-9H2;1H. The highest BCUT2D eigenvalue weighted by molar-refractivity contribution is 5.85. The van der Waals surface area contributed by atoms with E-state index in [2.05, 4.69) is 10.2 Å². The first-order valence-corrected chi connectivity index (χ1v) is 6.84. The van der Waals surface area contributed by atoms with Crippen molar-refractivity contribution in [3.63, 3.8) is 0 Å². The van der Waals surface area contributed by atoms with E-state index in [-0.39, 0.29) is 12.4 Å². The van der Waals surface area contributed by atoms with Gasteiger partial charge in [-0.1, -0.05) is 19.3 Å². The summed E-state index contributed by atoms with van der Waals surface area (Å²) < 4.78 is 0. The first kappa shape index (κ1) is 13.2. The molecule has 0 aromatic rings. The molecule has 2 aliphatic heterocycles. The molecule has 98 valence electrons. The number of fused-ring (bicyclic) bond motifs is 1. The molecule has 0 aromatic heterocycles. The van der Waals surface area contributed by atoms with Crippen LogP contribution in [0.15, 0.2) is 0 Å². The summed E-state index contributed by atoms with van der Waals surface area (Å²) in [5.41, 5.74) is 0. The summed E-state index contributed by atoms with van der Waals surface area (Å²) >= 11 is 0. The van der Waals surface area contributed by atoms with Crippen LogP contribution in [0.3, 0.4) is 0 Å². The zero-order valence-electron chi connectivity index (χ0n) is 10.4. The van der Waals surface area contributed by atoms with Gasteiger partial charge in [0.25, 0.3) is 0 Å². The van der Waals surface area contributed by atoms with Gasteiger partial charge in [0, 0.05) is 32.1 Å². The third-order valence-electron chi connectivity index (χ3n) is 4.66. The van der Waals surface area contributed by atoms with Crippen LogP contribution < -0.4 is 5.32 Å². The quantitative estimate of drug-likeness (QED) is 0.776. The first-order valence-electron chi connectivity index (χ1n) is 6.84. The summed E-state index contributed by atoms with van der Waals surface area (Å²) in [6.45, 7) is 4.29. The van der Waals surface area contributed by atoms with Crippen molar-refractivity contribution in [3.05, 3.63) is 0 Å². The van der Waals surface area contributed by atoms with E-state index in [1.165, 1.54) is 19.3 Å². The molecule has 2 atom stereocenters. The van der Waals surface area contributed by atoms with Gasteiger partial charge < -0.3 is 10.2 Å². The van der Waals surface area contributed by atoms with Crippen LogP contribution in [0.5, 0.6) is 0 Å². The van der Waals surface area contributed by atoms with Crippen molar-refractivity contribution in [2.75, 3.05) is 26.2 Å². The van der Waals surface area contributed by atoms with Crippen LogP contribution in [0.1, 0.15) is 32.1 Å². The van der Waals surface area contributed by atoms with Gasteiger partial charge in [0.05, 0.1) is 0 Å². The second kappa shape index (κ2) is 5.57. The summed E-state index contributed by atoms with van der Waals surface area (Å²) in [5.74, 6) is 2.31. The van der Waals surface area contributed by atoms with Crippen molar-refractivity contribution in [2.24, 2.45) is 17.8 Å². The Labute approximate surface area is 110 Å². The fourth-order valence-electron chi connectivity index (χ4n) is 3.64. The predicted molar refractivity (Wildman–Crippen MR) is 70.3 cm³/mol. The number of hydrogen-bond acceptors (Lipinski definition) is 2. The molecule has 0 bridgehead atoms. The van der Waals surface area contributed by atoms with Crippen molar-refractivity contribution in [3.8, 4) is 0 Å². The maximum absolute atomic E-state index is 12.3. The van der Waals surface area contributed by atoms with Crippen LogP contribution in [0.4, 0.5) is 0 Å². The molecule has 0 aromatic carbocycles. The predicted octanol–water partition coefficient (Wildman–Crippen LogP) is 1.67. The van der Waals surface area contributed by atoms with E-state index in [9.17, 15) is 4.79 Å². The normalized spacial score (nSPS) is 33.3. The van der Waals surface area contributed by atoms with Crippen LogP contribution >= 0.6 is 12.4 Å². The van der Waals surface area contributed by atoms with Gasteiger partial charge in [-0.15, -0.1) is 12.4 Å². The molecule has 2 unspecified atom stereocenters. The topological polar surface area (TPSA) is 32.3 Å². The van der Waals surface area contributed by atoms with E-state index in [0.717, 1.165) is 50.9 Å². The molecular weight excluding hydrogens is 236 g/mol. The summed E-state index contributed by atoms with van der Waals surface area (Å²) in [7, 11) is 0. The van der Waals surface area contributed by atoms with Gasteiger partial charge in [0.2, 0.25) is 5.91 Å². The molecule has 3 aliphatic rings. The lowest BCUT2D eigenvalue weighted by Gasteiger charge is -2.26. The van der Waals surface area contributed by atoms with Crippen molar-refractivity contribution in [2.45, 2.75) is 32.1 Å². The zero-order valence-corrected chi connectivity index (χ0v) is 11.2. The number of nitrogens with one attached hydrogen (secondary N) is 1. The van der Waals surface area contributed by atoms with Gasteiger partial charge in [-0.05, 0) is 24.7 Å². The molecule has 2 heterocycles. The van der Waals surface area contributed by atoms with Gasteiger partial charge in [-0.3, -0.25) is 4.79 Å². The Bertz CT molecular complexity index is 267. The number of amides is 1. The molecule has 1 aliphatic carbocycles. The largest absolute Gasteiger partial charge is 0.342 e. The Morgan fingerprint density at radius 1 is 1.00 bits per heavy atom. The van der Waals surface area contributed by atoms with Crippen LogP contribution in [0, 0.1) is 17.8 Å². The molecular formula is C13H23ClN2O. The van der Waals surface area contributed by atoms with Crippen LogP contribution in [0.25, 0.3) is 0 Å². The molecule has 1 amide bonds. The first-order chi connectivity index (χ1) is 7.84. The number of rotatable bonds is 1. The summed E-state index contributed by atoms with van der Waals surface area (Å²) in [6.07, 6.45) is 6.14. The Balaban J connectivity index is 0.00000108. The second-order valence-electron chi connectivity index (χ2n) is 5.76. The summed E-state index contributed by atoms with van der Waals surface area (Å²) in [4.78, 5) is 14.5. The highest BCUT2D eigenvalue weighted by Crippen LogP contribution is 2.31. The zero-order chi connectivity index (χ0) is 11.0. The summed E-state index contributed by atoms with van der Waals surface area (Å²) in [6, 6.07) is 0. The number of nitrogens with zero attached hydrogens (tertiary/aromatic N) is 1. The number of likely N-dealkylation sites (tertiary alicyclic amines) is 1. The molecule has 0 spiro atoms. The maximum Gasteiger partial charge on any atom is 0.225 e. The van der Waals surface area contributed by atoms with Crippen molar-refractivity contribution >= 4 is 18.3 Å². The maximum atomic E-state index is 12.3. The minimum atomic E-state index is 0. The smallest absolute Gasteiger partial charge is 0.225 e. The molecule has 3 fully saturated rings. The van der Waals surface area contributed by atoms with Crippen molar-refractivity contribution in [1.29, 1.82) is 0 Å². The van der Waals surface area contributed by atoms with E-state index in [4.69, 9.17) is 0 Å². The third kappa shape index (κ3) is 2.60. The SMILES string of the molecule is Cl.O=C(C1CCCCC1)N1CC2CNCC2C1. The second-order valence-corrected chi connectivity index (χ2v) is 5.76. The Kier molecular flexibility index (Phi) is 4.31. The Morgan fingerprint density at radius 2 is 1.59 bits per heavy atom. The lowest BCUT2D eigenvalue weighted by Crippen LogP contribution is -2.37. The van der Waals surface area contributed by atoms with Gasteiger partial charge >= 0.3 is 0 Å². The van der Waals surface area contributed by atoms with Crippen LogP contribution in [-0.4, -0.2) is 37.0 Å². The number of carbonyl (C=O) groups is 1. The molecule has 4 heteroatoms. The van der Waals surface area contributed by atoms with Gasteiger partial charge in [-0.25, -0.2) is 0 Å².